The Balaban J connectivity index is 1.91. The maximum absolute atomic E-state index is 5.89. The molecule has 6 heteroatoms. The molecule has 1 N–H and O–H groups in total. The van der Waals surface area contributed by atoms with Gasteiger partial charge in [-0.2, -0.15) is 4.98 Å². The Labute approximate surface area is 111 Å². The van der Waals surface area contributed by atoms with Crippen molar-refractivity contribution in [2.45, 2.75) is 18.0 Å². The van der Waals surface area contributed by atoms with Gasteiger partial charge >= 0.3 is 0 Å². The van der Waals surface area contributed by atoms with Crippen LogP contribution in [0.5, 0.6) is 5.88 Å². The molecule has 0 amide bonds. The SMILES string of the molecule is CSc1nc(Cl)cc(OCC2CCCNC2)n1. The summed E-state index contributed by atoms with van der Waals surface area (Å²) in [7, 11) is 0. The first-order valence-corrected chi connectivity index (χ1v) is 7.30. The van der Waals surface area contributed by atoms with E-state index in [0.29, 0.717) is 28.7 Å². The highest BCUT2D eigenvalue weighted by molar-refractivity contribution is 7.98. The lowest BCUT2D eigenvalue weighted by atomic mass is 10.0. The number of aromatic nitrogens is 2. The highest BCUT2D eigenvalue weighted by atomic mass is 35.5. The van der Waals surface area contributed by atoms with Gasteiger partial charge in [0.2, 0.25) is 5.88 Å². The second kappa shape index (κ2) is 6.42. The molecule has 1 aromatic rings. The number of rotatable bonds is 4. The van der Waals surface area contributed by atoms with E-state index in [1.165, 1.54) is 24.6 Å². The average molecular weight is 274 g/mol. The number of ether oxygens (including phenoxy) is 1. The number of hydrogen-bond donors (Lipinski definition) is 1. The highest BCUT2D eigenvalue weighted by Crippen LogP contribution is 2.20. The van der Waals surface area contributed by atoms with E-state index < -0.39 is 0 Å². The number of thioether (sulfide) groups is 1. The fraction of sp³-hybridized carbons (Fsp3) is 0.636. The Bertz CT molecular complexity index is 372. The van der Waals surface area contributed by atoms with Gasteiger partial charge < -0.3 is 10.1 Å². The quantitative estimate of drug-likeness (QED) is 0.518. The molecule has 1 unspecified atom stereocenters. The van der Waals surface area contributed by atoms with Gasteiger partial charge in [-0.1, -0.05) is 23.4 Å². The molecule has 0 aliphatic carbocycles. The van der Waals surface area contributed by atoms with Crippen molar-refractivity contribution in [3.05, 3.63) is 11.2 Å². The van der Waals surface area contributed by atoms with Crippen LogP contribution in [0.3, 0.4) is 0 Å². The van der Waals surface area contributed by atoms with Crippen molar-refractivity contribution in [3.8, 4) is 5.88 Å². The lowest BCUT2D eigenvalue weighted by molar-refractivity contribution is 0.210. The van der Waals surface area contributed by atoms with Crippen molar-refractivity contribution in [2.24, 2.45) is 5.92 Å². The van der Waals surface area contributed by atoms with Crippen LogP contribution in [0.15, 0.2) is 11.2 Å². The van der Waals surface area contributed by atoms with Gasteiger partial charge in [0.25, 0.3) is 0 Å². The summed E-state index contributed by atoms with van der Waals surface area (Å²) >= 11 is 7.35. The van der Waals surface area contributed by atoms with Gasteiger partial charge in [0, 0.05) is 18.5 Å². The van der Waals surface area contributed by atoms with Crippen molar-refractivity contribution < 1.29 is 4.74 Å². The lowest BCUT2D eigenvalue weighted by Crippen LogP contribution is -2.33. The van der Waals surface area contributed by atoms with Gasteiger partial charge in [-0.15, -0.1) is 0 Å². The molecule has 1 saturated heterocycles. The van der Waals surface area contributed by atoms with Crippen molar-refractivity contribution in [3.63, 3.8) is 0 Å². The van der Waals surface area contributed by atoms with Crippen LogP contribution in [0.4, 0.5) is 0 Å². The van der Waals surface area contributed by atoms with Gasteiger partial charge in [-0.05, 0) is 25.6 Å². The van der Waals surface area contributed by atoms with Gasteiger partial charge in [-0.3, -0.25) is 0 Å². The summed E-state index contributed by atoms with van der Waals surface area (Å²) in [4.78, 5) is 8.33. The van der Waals surface area contributed by atoms with Crippen LogP contribution in [-0.2, 0) is 0 Å². The van der Waals surface area contributed by atoms with E-state index in [1.54, 1.807) is 6.07 Å². The number of halogens is 1. The molecule has 0 bridgehead atoms. The lowest BCUT2D eigenvalue weighted by Gasteiger charge is -2.22. The molecule has 1 aliphatic rings. The molecule has 1 aliphatic heterocycles. The first-order chi connectivity index (χ1) is 8.28. The molecule has 0 saturated carbocycles. The van der Waals surface area contributed by atoms with Crippen molar-refractivity contribution in [2.75, 3.05) is 26.0 Å². The minimum atomic E-state index is 0.432. The standard InChI is InChI=1S/C11H16ClN3OS/c1-17-11-14-9(12)5-10(15-11)16-7-8-3-2-4-13-6-8/h5,8,13H,2-4,6-7H2,1H3. The van der Waals surface area contributed by atoms with Crippen molar-refractivity contribution in [1.29, 1.82) is 0 Å². The van der Waals surface area contributed by atoms with E-state index in [9.17, 15) is 0 Å². The molecular formula is C11H16ClN3OS. The van der Waals surface area contributed by atoms with E-state index in [1.807, 2.05) is 6.26 Å². The highest BCUT2D eigenvalue weighted by Gasteiger charge is 2.14. The minimum absolute atomic E-state index is 0.432. The van der Waals surface area contributed by atoms with E-state index in [4.69, 9.17) is 16.3 Å². The Kier molecular flexibility index (Phi) is 4.88. The Morgan fingerprint density at radius 1 is 1.59 bits per heavy atom. The Morgan fingerprint density at radius 2 is 2.47 bits per heavy atom. The zero-order valence-electron chi connectivity index (χ0n) is 9.78. The molecule has 94 valence electrons. The molecule has 0 radical (unpaired) electrons. The number of nitrogens with one attached hydrogen (secondary N) is 1. The normalized spacial score (nSPS) is 20.2. The third kappa shape index (κ3) is 4.01. The molecular weight excluding hydrogens is 258 g/mol. The van der Waals surface area contributed by atoms with Gasteiger partial charge in [0.1, 0.15) is 5.15 Å². The molecule has 4 nitrogen and oxygen atoms in total. The van der Waals surface area contributed by atoms with E-state index >= 15 is 0 Å². The second-order valence-electron chi connectivity index (χ2n) is 4.04. The average Bonchev–Trinajstić information content (AvgIpc) is 2.37. The molecule has 1 fully saturated rings. The molecule has 17 heavy (non-hydrogen) atoms. The van der Waals surface area contributed by atoms with Crippen LogP contribution in [0.1, 0.15) is 12.8 Å². The summed E-state index contributed by atoms with van der Waals surface area (Å²) in [5.41, 5.74) is 0. The topological polar surface area (TPSA) is 47.0 Å². The van der Waals surface area contributed by atoms with E-state index in [-0.39, 0.29) is 0 Å². The molecule has 0 aromatic carbocycles. The number of hydrogen-bond acceptors (Lipinski definition) is 5. The largest absolute Gasteiger partial charge is 0.477 e. The van der Waals surface area contributed by atoms with Crippen molar-refractivity contribution >= 4 is 23.4 Å². The Hall–Kier alpha value is -0.520. The van der Waals surface area contributed by atoms with Gasteiger partial charge in [0.15, 0.2) is 5.16 Å². The fourth-order valence-electron chi connectivity index (χ4n) is 1.81. The van der Waals surface area contributed by atoms with Crippen LogP contribution < -0.4 is 10.1 Å². The molecule has 2 heterocycles. The van der Waals surface area contributed by atoms with E-state index in [0.717, 1.165) is 13.1 Å². The summed E-state index contributed by atoms with van der Waals surface area (Å²) in [5.74, 6) is 1.13. The van der Waals surface area contributed by atoms with Crippen LogP contribution >= 0.6 is 23.4 Å². The first-order valence-electron chi connectivity index (χ1n) is 5.70. The molecule has 0 spiro atoms. The minimum Gasteiger partial charge on any atom is -0.477 e. The third-order valence-corrected chi connectivity index (χ3v) is 3.44. The zero-order chi connectivity index (χ0) is 12.1. The van der Waals surface area contributed by atoms with Gasteiger partial charge in [0.05, 0.1) is 6.61 Å². The van der Waals surface area contributed by atoms with Crippen LogP contribution in [0.25, 0.3) is 0 Å². The summed E-state index contributed by atoms with van der Waals surface area (Å²) < 4.78 is 5.68. The summed E-state index contributed by atoms with van der Waals surface area (Å²) in [6.45, 7) is 2.83. The number of nitrogens with zero attached hydrogens (tertiary/aromatic N) is 2. The zero-order valence-corrected chi connectivity index (χ0v) is 11.4. The predicted octanol–water partition coefficient (Wildman–Crippen LogP) is 2.23. The maximum Gasteiger partial charge on any atom is 0.218 e. The summed E-state index contributed by atoms with van der Waals surface area (Å²) in [6.07, 6.45) is 4.34. The Morgan fingerprint density at radius 3 is 3.18 bits per heavy atom. The fourth-order valence-corrected chi connectivity index (χ4v) is 2.41. The smallest absolute Gasteiger partial charge is 0.218 e. The monoisotopic (exact) mass is 273 g/mol. The first kappa shape index (κ1) is 12.9. The summed E-state index contributed by atoms with van der Waals surface area (Å²) in [6, 6.07) is 1.66. The summed E-state index contributed by atoms with van der Waals surface area (Å²) in [5, 5.41) is 4.44. The van der Waals surface area contributed by atoms with Crippen LogP contribution in [0, 0.1) is 5.92 Å². The van der Waals surface area contributed by atoms with Crippen molar-refractivity contribution in [1.82, 2.24) is 15.3 Å². The maximum atomic E-state index is 5.89. The predicted molar refractivity (Wildman–Crippen MR) is 69.9 cm³/mol. The molecule has 1 aromatic heterocycles. The molecule has 1 atom stereocenters. The van der Waals surface area contributed by atoms with E-state index in [2.05, 4.69) is 15.3 Å². The van der Waals surface area contributed by atoms with Crippen LogP contribution in [-0.4, -0.2) is 35.9 Å². The van der Waals surface area contributed by atoms with Gasteiger partial charge in [-0.25, -0.2) is 4.98 Å². The second-order valence-corrected chi connectivity index (χ2v) is 5.20. The number of piperidine rings is 1. The van der Waals surface area contributed by atoms with Crippen LogP contribution in [0.2, 0.25) is 5.15 Å². The molecule has 2 rings (SSSR count). The third-order valence-electron chi connectivity index (χ3n) is 2.70.